The van der Waals surface area contributed by atoms with Crippen molar-refractivity contribution < 1.29 is 162 Å². The van der Waals surface area contributed by atoms with E-state index in [2.05, 4.69) is 78.2 Å². The Kier molecular flexibility index (Phi) is 82.5. The fourth-order valence-corrected chi connectivity index (χ4v) is 0.429. The van der Waals surface area contributed by atoms with Gasteiger partial charge >= 0.3 is 42.1 Å². The van der Waals surface area contributed by atoms with Crippen LogP contribution in [0.1, 0.15) is 0 Å². The largest absolute Gasteiger partial charge is 4.00 e. The molecule has 0 fully saturated rings. The van der Waals surface area contributed by atoms with Crippen molar-refractivity contribution >= 4 is 0 Å². The van der Waals surface area contributed by atoms with Crippen molar-refractivity contribution in [3.63, 3.8) is 0 Å². The van der Waals surface area contributed by atoms with E-state index in [0.29, 0.717) is 0 Å². The Bertz CT molecular complexity index is 185. The molecule has 0 saturated carbocycles. The summed E-state index contributed by atoms with van der Waals surface area (Å²) in [4.78, 5) is 56.0. The predicted octanol–water partition coefficient (Wildman–Crippen LogP) is -10.3. The molecule has 0 heterocycles. The molecule has 0 spiro atoms. The van der Waals surface area contributed by atoms with Crippen LogP contribution in [-0.4, -0.2) is 54.3 Å². The van der Waals surface area contributed by atoms with E-state index in [1.165, 1.54) is 0 Å². The van der Waals surface area contributed by atoms with Crippen molar-refractivity contribution in [2.24, 2.45) is 0 Å². The van der Waals surface area contributed by atoms with Gasteiger partial charge in [-0.25, -0.2) is 39.1 Å². The van der Waals surface area contributed by atoms with Crippen molar-refractivity contribution in [3.8, 4) is 0 Å². The first-order valence-corrected chi connectivity index (χ1v) is 6.62. The van der Waals surface area contributed by atoms with Gasteiger partial charge in [-0.05, 0) is 0 Å². The second kappa shape index (κ2) is 58.9. The molecular weight excluding hydrogens is 870 g/mol. The fourth-order valence-electron chi connectivity index (χ4n) is 0.429. The van der Waals surface area contributed by atoms with Gasteiger partial charge < -0.3 is 81.2 Å². The summed E-state index contributed by atoms with van der Waals surface area (Å²) >= 11 is 0. The minimum absolute atomic E-state index is 0. The van der Waals surface area contributed by atoms with Crippen LogP contribution in [-0.2, 0) is 120 Å². The maximum absolute atomic E-state index is 9.07. The van der Waals surface area contributed by atoms with Crippen molar-refractivity contribution in [2.75, 3.05) is 54.3 Å². The van der Waals surface area contributed by atoms with E-state index in [1.807, 2.05) is 0 Å². The summed E-state index contributed by atoms with van der Waals surface area (Å²) in [6.07, 6.45) is 0. The molecule has 0 aromatic heterocycles. The first kappa shape index (κ1) is 47.6. The van der Waals surface area contributed by atoms with Crippen LogP contribution >= 0.6 is 0 Å². The first-order valence-electron chi connectivity index (χ1n) is 6.62. The van der Waals surface area contributed by atoms with Gasteiger partial charge in [0.25, 0.3) is 0 Å². The summed E-state index contributed by atoms with van der Waals surface area (Å²) < 4.78 is 0. The Morgan fingerprint density at radius 3 is 0.382 bits per heavy atom. The molecule has 26 heteroatoms. The Morgan fingerprint density at radius 1 is 0.235 bits per heavy atom. The molecule has 0 unspecified atom stereocenters. The molecule has 34 heavy (non-hydrogen) atoms. The second-order valence-electron chi connectivity index (χ2n) is 2.83. The van der Waals surface area contributed by atoms with Crippen molar-refractivity contribution in [3.05, 3.63) is 0 Å². The minimum atomic E-state index is -0.566. The van der Waals surface area contributed by atoms with E-state index in [1.54, 1.807) is 0 Å². The van der Waals surface area contributed by atoms with E-state index < -0.39 is 54.3 Å². The molecule has 0 amide bonds. The summed E-state index contributed by atoms with van der Waals surface area (Å²) in [6.45, 7) is -4.53. The predicted molar refractivity (Wildman–Crippen MR) is 56.3 cm³/mol. The minimum Gasteiger partial charge on any atom is -0.721 e. The summed E-state index contributed by atoms with van der Waals surface area (Å²) in [6, 6.07) is 0. The Hall–Kier alpha value is 0.417. The summed E-state index contributed by atoms with van der Waals surface area (Å²) in [5.74, 6) is 0. The molecule has 24 nitrogen and oxygen atoms in total. The molecule has 0 radical (unpaired) electrons. The van der Waals surface area contributed by atoms with Gasteiger partial charge in [0.2, 0.25) is 0 Å². The second-order valence-corrected chi connectivity index (χ2v) is 2.83. The maximum Gasteiger partial charge on any atom is 4.00 e. The van der Waals surface area contributed by atoms with Crippen LogP contribution in [0.3, 0.4) is 0 Å². The van der Waals surface area contributed by atoms with E-state index in [4.69, 9.17) is 42.1 Å². The van der Waals surface area contributed by atoms with Crippen molar-refractivity contribution in [2.45, 2.75) is 0 Å². The number of hydrogen-bond donors (Lipinski definition) is 0. The fraction of sp³-hybridized carbons (Fsp3) is 1.00. The Labute approximate surface area is 216 Å². The van der Waals surface area contributed by atoms with Crippen LogP contribution in [0.15, 0.2) is 0 Å². The van der Waals surface area contributed by atoms with Crippen LogP contribution in [0.5, 0.6) is 0 Å². The topological polar surface area (TPSA) is 332 Å². The van der Waals surface area contributed by atoms with Crippen LogP contribution in [0.2, 0.25) is 0 Å². The van der Waals surface area contributed by atoms with Gasteiger partial charge in [-0.2, -0.15) is 0 Å². The smallest absolute Gasteiger partial charge is 0.721 e. The zero-order valence-corrected chi connectivity index (χ0v) is 20.6. The number of hydrogen-bond acceptors (Lipinski definition) is 24. The molecule has 0 atom stereocenters. The number of rotatable bonds is 20. The summed E-state index contributed by atoms with van der Waals surface area (Å²) in [5.41, 5.74) is 0. The van der Waals surface area contributed by atoms with Gasteiger partial charge in [-0.3, -0.25) is 0 Å². The molecule has 0 N–H and O–H groups in total. The zero-order chi connectivity index (χ0) is 25.0. The van der Waals surface area contributed by atoms with E-state index >= 15 is 0 Å². The van der Waals surface area contributed by atoms with E-state index in [-0.39, 0.29) is 42.1 Å². The SMILES string of the molecule is [O-]OCOOCO[O-].[O-]OCOOCO[O-].[O-]OCOOCO[O-].[O-]OCOOCO[O-].[Pt+4].[Pt+4]. The molecule has 0 aliphatic rings. The van der Waals surface area contributed by atoms with Crippen LogP contribution < -0.4 is 42.1 Å². The average molecular weight is 886 g/mol. The molecule has 0 aromatic rings. The Morgan fingerprint density at radius 2 is 0.324 bits per heavy atom. The first-order chi connectivity index (χ1) is 15.7. The molecule has 0 aliphatic carbocycles. The van der Waals surface area contributed by atoms with Gasteiger partial charge in [-0.1, -0.05) is 0 Å². The monoisotopic (exact) mass is 886 g/mol. The van der Waals surface area contributed by atoms with Crippen molar-refractivity contribution in [1.82, 2.24) is 0 Å². The molecular formula is C8H16O24Pt2. The molecule has 212 valence electrons. The zero-order valence-electron chi connectivity index (χ0n) is 16.1. The summed E-state index contributed by atoms with van der Waals surface area (Å²) in [7, 11) is 0. The van der Waals surface area contributed by atoms with E-state index in [0.717, 1.165) is 0 Å². The standard InChI is InChI=1S/4C2H6O6.2Pt/c4*3-5-1-7-8-2-6-4;;/h4*3-4H,1-2H2;;/q;;;;2*+4/p-8. The molecule has 0 aliphatic heterocycles. The van der Waals surface area contributed by atoms with Gasteiger partial charge in [0.1, 0.15) is 0 Å². The van der Waals surface area contributed by atoms with E-state index in [9.17, 15) is 0 Å². The third-order valence-corrected chi connectivity index (χ3v) is 1.10. The third kappa shape index (κ3) is 76.8. The quantitative estimate of drug-likeness (QED) is 0.0474. The van der Waals surface area contributed by atoms with Gasteiger partial charge in [0.15, 0.2) is 54.3 Å². The summed E-state index contributed by atoms with van der Waals surface area (Å²) in [5, 5.41) is 72.6. The normalized spacial score (nSPS) is 9.18. The molecule has 0 aromatic carbocycles. The Balaban J connectivity index is -0.0000000754. The van der Waals surface area contributed by atoms with Crippen molar-refractivity contribution in [1.29, 1.82) is 0 Å². The van der Waals surface area contributed by atoms with Crippen LogP contribution in [0.4, 0.5) is 0 Å². The van der Waals surface area contributed by atoms with Gasteiger partial charge in [0, 0.05) is 0 Å². The molecule has 0 saturated heterocycles. The molecule has 0 bridgehead atoms. The van der Waals surface area contributed by atoms with Crippen LogP contribution in [0, 0.1) is 0 Å². The third-order valence-electron chi connectivity index (χ3n) is 1.10. The van der Waals surface area contributed by atoms with Gasteiger partial charge in [-0.15, -0.1) is 0 Å². The van der Waals surface area contributed by atoms with Crippen LogP contribution in [0.25, 0.3) is 0 Å². The average Bonchev–Trinajstić information content (AvgIpc) is 2.82. The van der Waals surface area contributed by atoms with Gasteiger partial charge in [0.05, 0.1) is 0 Å². The molecule has 0 rings (SSSR count). The maximum atomic E-state index is 9.07.